The number of para-hydroxylation sites is 3. The number of nitrogens with one attached hydrogen (secondary N) is 1. The van der Waals surface area contributed by atoms with Crippen molar-refractivity contribution in [2.45, 2.75) is 32.3 Å². The molecule has 2 N–H and O–H groups in total. The van der Waals surface area contributed by atoms with Crippen LogP contribution in [0.4, 0.5) is 5.69 Å². The van der Waals surface area contributed by atoms with Gasteiger partial charge in [0.05, 0.1) is 23.4 Å². The van der Waals surface area contributed by atoms with Crippen molar-refractivity contribution in [3.63, 3.8) is 0 Å². The minimum absolute atomic E-state index is 0.360. The van der Waals surface area contributed by atoms with Crippen LogP contribution in [-0.2, 0) is 0 Å². The van der Waals surface area contributed by atoms with Crippen molar-refractivity contribution in [1.29, 1.82) is 0 Å². The zero-order valence-corrected chi connectivity index (χ0v) is 13.5. The fourth-order valence-electron chi connectivity index (χ4n) is 2.55. The van der Waals surface area contributed by atoms with Gasteiger partial charge in [-0.3, -0.25) is 4.99 Å². The Morgan fingerprint density at radius 3 is 2.39 bits per heavy atom. The highest BCUT2D eigenvalue weighted by molar-refractivity contribution is 6.11. The Kier molecular flexibility index (Phi) is 4.35. The lowest BCUT2D eigenvalue weighted by molar-refractivity contribution is 0.0419. The SMILES string of the molecule is CCC(O)(CC)CN=C1Nc2ccccc2Oc2ccccc21. The molecule has 0 atom stereocenters. The van der Waals surface area contributed by atoms with Crippen LogP contribution >= 0.6 is 0 Å². The van der Waals surface area contributed by atoms with Crippen LogP contribution in [0.5, 0.6) is 11.5 Å². The quantitative estimate of drug-likeness (QED) is 0.889. The van der Waals surface area contributed by atoms with E-state index in [-0.39, 0.29) is 0 Å². The first-order valence-electron chi connectivity index (χ1n) is 8.05. The second kappa shape index (κ2) is 6.42. The molecule has 1 heterocycles. The normalized spacial score (nSPS) is 15.2. The van der Waals surface area contributed by atoms with Crippen LogP contribution in [0.15, 0.2) is 53.5 Å². The maximum atomic E-state index is 10.5. The number of aliphatic imine (C=N–C) groups is 1. The third kappa shape index (κ3) is 3.22. The zero-order valence-electron chi connectivity index (χ0n) is 13.5. The summed E-state index contributed by atoms with van der Waals surface area (Å²) in [6, 6.07) is 15.6. The monoisotopic (exact) mass is 310 g/mol. The highest BCUT2D eigenvalue weighted by Gasteiger charge is 2.24. The van der Waals surface area contributed by atoms with Gasteiger partial charge in [-0.2, -0.15) is 0 Å². The molecule has 0 amide bonds. The van der Waals surface area contributed by atoms with Crippen LogP contribution in [0.2, 0.25) is 0 Å². The summed E-state index contributed by atoms with van der Waals surface area (Å²) in [5.74, 6) is 2.26. The number of ether oxygens (including phenoxy) is 1. The van der Waals surface area contributed by atoms with Crippen molar-refractivity contribution in [3.05, 3.63) is 54.1 Å². The Balaban J connectivity index is 2.02. The van der Waals surface area contributed by atoms with Gasteiger partial charge in [-0.05, 0) is 37.1 Å². The van der Waals surface area contributed by atoms with Gasteiger partial charge in [0.1, 0.15) is 11.6 Å². The second-order valence-corrected chi connectivity index (χ2v) is 5.82. The Labute approximate surface area is 136 Å². The summed E-state index contributed by atoms with van der Waals surface area (Å²) in [7, 11) is 0. The molecule has 0 spiro atoms. The molecule has 0 radical (unpaired) electrons. The molecule has 1 aliphatic rings. The molecule has 2 aromatic rings. The van der Waals surface area contributed by atoms with Crippen LogP contribution in [-0.4, -0.2) is 23.1 Å². The van der Waals surface area contributed by atoms with Gasteiger partial charge < -0.3 is 15.2 Å². The number of nitrogens with zero attached hydrogens (tertiary/aromatic N) is 1. The molecule has 0 saturated heterocycles. The maximum Gasteiger partial charge on any atom is 0.150 e. The number of aliphatic hydroxyl groups is 1. The van der Waals surface area contributed by atoms with Gasteiger partial charge in [0, 0.05) is 0 Å². The smallest absolute Gasteiger partial charge is 0.150 e. The number of anilines is 1. The Morgan fingerprint density at radius 2 is 1.65 bits per heavy atom. The molecule has 0 unspecified atom stereocenters. The lowest BCUT2D eigenvalue weighted by Crippen LogP contribution is -2.31. The summed E-state index contributed by atoms with van der Waals surface area (Å²) in [6.45, 7) is 4.33. The number of amidine groups is 1. The van der Waals surface area contributed by atoms with E-state index in [0.717, 1.165) is 28.6 Å². The molecule has 4 heteroatoms. The van der Waals surface area contributed by atoms with Gasteiger partial charge in [0.15, 0.2) is 5.75 Å². The van der Waals surface area contributed by atoms with Crippen molar-refractivity contribution < 1.29 is 9.84 Å². The molecule has 0 aromatic heterocycles. The van der Waals surface area contributed by atoms with Crippen molar-refractivity contribution in [2.75, 3.05) is 11.9 Å². The Bertz CT molecular complexity index is 721. The van der Waals surface area contributed by atoms with E-state index in [0.29, 0.717) is 19.4 Å². The topological polar surface area (TPSA) is 53.9 Å². The van der Waals surface area contributed by atoms with Crippen LogP contribution < -0.4 is 10.1 Å². The third-order valence-electron chi connectivity index (χ3n) is 4.35. The van der Waals surface area contributed by atoms with E-state index in [4.69, 9.17) is 4.74 Å². The molecule has 3 rings (SSSR count). The Morgan fingerprint density at radius 1 is 1.00 bits per heavy atom. The van der Waals surface area contributed by atoms with Gasteiger partial charge in [-0.15, -0.1) is 0 Å². The molecule has 1 aliphatic heterocycles. The number of rotatable bonds is 4. The first-order chi connectivity index (χ1) is 11.1. The molecule has 0 fully saturated rings. The largest absolute Gasteiger partial charge is 0.454 e. The molecule has 4 nitrogen and oxygen atoms in total. The molecular weight excluding hydrogens is 288 g/mol. The van der Waals surface area contributed by atoms with Crippen LogP contribution in [0.1, 0.15) is 32.3 Å². The van der Waals surface area contributed by atoms with E-state index in [9.17, 15) is 5.11 Å². The number of hydrogen-bond acceptors (Lipinski definition) is 3. The summed E-state index contributed by atoms with van der Waals surface area (Å²) in [6.07, 6.45) is 1.35. The predicted octanol–water partition coefficient (Wildman–Crippen LogP) is 4.20. The molecule has 0 bridgehead atoms. The van der Waals surface area contributed by atoms with Crippen LogP contribution in [0.3, 0.4) is 0 Å². The van der Waals surface area contributed by atoms with Crippen molar-refractivity contribution in [3.8, 4) is 11.5 Å². The van der Waals surface area contributed by atoms with E-state index >= 15 is 0 Å². The fourth-order valence-corrected chi connectivity index (χ4v) is 2.55. The standard InChI is InChI=1S/C19H22N2O2/c1-3-19(22,4-2)13-20-18-14-9-5-7-11-16(14)23-17-12-8-6-10-15(17)21-18/h5-12,22H,3-4,13H2,1-2H3,(H,20,21). The summed E-state index contributed by atoms with van der Waals surface area (Å²) < 4.78 is 6.01. The van der Waals surface area contributed by atoms with Gasteiger partial charge in [-0.1, -0.05) is 38.1 Å². The summed E-state index contributed by atoms with van der Waals surface area (Å²) in [4.78, 5) is 4.67. The predicted molar refractivity (Wildman–Crippen MR) is 93.5 cm³/mol. The second-order valence-electron chi connectivity index (χ2n) is 5.82. The average Bonchev–Trinajstić information content (AvgIpc) is 2.76. The highest BCUT2D eigenvalue weighted by Crippen LogP contribution is 2.35. The van der Waals surface area contributed by atoms with E-state index in [1.807, 2.05) is 62.4 Å². The summed E-state index contributed by atoms with van der Waals surface area (Å²) in [5, 5.41) is 13.9. The van der Waals surface area contributed by atoms with Gasteiger partial charge in [-0.25, -0.2) is 0 Å². The lowest BCUT2D eigenvalue weighted by Gasteiger charge is -2.23. The average molecular weight is 310 g/mol. The van der Waals surface area contributed by atoms with Crippen LogP contribution in [0.25, 0.3) is 0 Å². The van der Waals surface area contributed by atoms with E-state index in [2.05, 4.69) is 10.3 Å². The maximum absolute atomic E-state index is 10.5. The summed E-state index contributed by atoms with van der Waals surface area (Å²) >= 11 is 0. The Hall–Kier alpha value is -2.33. The fraction of sp³-hybridized carbons (Fsp3) is 0.316. The van der Waals surface area contributed by atoms with Gasteiger partial charge in [0.2, 0.25) is 0 Å². The van der Waals surface area contributed by atoms with Crippen molar-refractivity contribution in [1.82, 2.24) is 0 Å². The third-order valence-corrected chi connectivity index (χ3v) is 4.35. The highest BCUT2D eigenvalue weighted by atomic mass is 16.5. The molecule has 0 aliphatic carbocycles. The lowest BCUT2D eigenvalue weighted by atomic mass is 9.98. The zero-order chi connectivity index (χ0) is 16.3. The summed E-state index contributed by atoms with van der Waals surface area (Å²) in [5.41, 5.74) is 1.01. The number of hydrogen-bond donors (Lipinski definition) is 2. The number of benzene rings is 2. The molecular formula is C19H22N2O2. The first kappa shape index (κ1) is 15.6. The first-order valence-corrected chi connectivity index (χ1v) is 8.05. The van der Waals surface area contributed by atoms with E-state index in [1.165, 1.54) is 0 Å². The van der Waals surface area contributed by atoms with Crippen molar-refractivity contribution in [2.24, 2.45) is 4.99 Å². The van der Waals surface area contributed by atoms with E-state index < -0.39 is 5.60 Å². The van der Waals surface area contributed by atoms with E-state index in [1.54, 1.807) is 0 Å². The molecule has 0 saturated carbocycles. The van der Waals surface area contributed by atoms with Gasteiger partial charge in [0.25, 0.3) is 0 Å². The number of fused-ring (bicyclic) bond motifs is 2. The molecule has 2 aromatic carbocycles. The minimum atomic E-state index is -0.768. The molecule has 120 valence electrons. The molecule has 23 heavy (non-hydrogen) atoms. The van der Waals surface area contributed by atoms with Crippen molar-refractivity contribution >= 4 is 11.5 Å². The minimum Gasteiger partial charge on any atom is -0.454 e. The van der Waals surface area contributed by atoms with Crippen LogP contribution in [0, 0.1) is 0 Å². The van der Waals surface area contributed by atoms with Gasteiger partial charge >= 0.3 is 0 Å².